The third-order valence-corrected chi connectivity index (χ3v) is 2.53. The molecule has 1 heterocycles. The second-order valence-corrected chi connectivity index (χ2v) is 3.68. The van der Waals surface area contributed by atoms with Gasteiger partial charge in [-0.1, -0.05) is 23.7 Å². The van der Waals surface area contributed by atoms with Gasteiger partial charge in [0.2, 0.25) is 0 Å². The standard InChI is InChI=1S/C12H10ClFN2.ClH/c13-10-4-3-5-11(14)9(10)8-16-12-6-1-2-7-15-12;/h1-7H,8H2,(H,15,16);1H. The lowest BCUT2D eigenvalue weighted by Crippen LogP contribution is -2.03. The summed E-state index contributed by atoms with van der Waals surface area (Å²) in [6, 6.07) is 10.1. The second kappa shape index (κ2) is 6.42. The van der Waals surface area contributed by atoms with E-state index >= 15 is 0 Å². The average molecular weight is 273 g/mol. The number of nitrogens with zero attached hydrogens (tertiary/aromatic N) is 1. The first kappa shape index (κ1) is 13.7. The van der Waals surface area contributed by atoms with Gasteiger partial charge in [0, 0.05) is 23.3 Å². The first-order valence-electron chi connectivity index (χ1n) is 4.85. The minimum absolute atomic E-state index is 0. The predicted octanol–water partition coefficient (Wildman–Crippen LogP) is 3.91. The van der Waals surface area contributed by atoms with Gasteiger partial charge in [-0.25, -0.2) is 9.37 Å². The summed E-state index contributed by atoms with van der Waals surface area (Å²) in [4.78, 5) is 4.08. The number of halogens is 3. The van der Waals surface area contributed by atoms with Crippen molar-refractivity contribution in [1.29, 1.82) is 0 Å². The molecule has 0 fully saturated rings. The molecule has 0 amide bonds. The summed E-state index contributed by atoms with van der Waals surface area (Å²) in [6.45, 7) is 0.322. The molecule has 0 aliphatic heterocycles. The van der Waals surface area contributed by atoms with Crippen molar-refractivity contribution < 1.29 is 4.39 Å². The Morgan fingerprint density at radius 2 is 2.00 bits per heavy atom. The summed E-state index contributed by atoms with van der Waals surface area (Å²) in [5.74, 6) is 0.387. The number of hydrogen-bond donors (Lipinski definition) is 1. The van der Waals surface area contributed by atoms with Gasteiger partial charge in [-0.15, -0.1) is 12.4 Å². The Morgan fingerprint density at radius 3 is 2.65 bits per heavy atom. The maximum absolute atomic E-state index is 13.4. The molecule has 0 aliphatic rings. The molecule has 0 unspecified atom stereocenters. The lowest BCUT2D eigenvalue weighted by atomic mass is 10.2. The summed E-state index contributed by atoms with van der Waals surface area (Å²) in [5, 5.41) is 3.43. The van der Waals surface area contributed by atoms with Gasteiger partial charge in [0.1, 0.15) is 11.6 Å². The van der Waals surface area contributed by atoms with E-state index < -0.39 is 0 Å². The van der Waals surface area contributed by atoms with Crippen LogP contribution in [0.25, 0.3) is 0 Å². The van der Waals surface area contributed by atoms with E-state index in [4.69, 9.17) is 11.6 Å². The minimum Gasteiger partial charge on any atom is -0.366 e. The minimum atomic E-state index is -0.309. The van der Waals surface area contributed by atoms with Gasteiger partial charge in [-0.3, -0.25) is 0 Å². The predicted molar refractivity (Wildman–Crippen MR) is 70.2 cm³/mol. The quantitative estimate of drug-likeness (QED) is 0.917. The third kappa shape index (κ3) is 3.58. The van der Waals surface area contributed by atoms with Crippen molar-refractivity contribution in [2.24, 2.45) is 0 Å². The van der Waals surface area contributed by atoms with E-state index in [-0.39, 0.29) is 18.2 Å². The van der Waals surface area contributed by atoms with Gasteiger partial charge >= 0.3 is 0 Å². The van der Waals surface area contributed by atoms with Crippen molar-refractivity contribution in [2.75, 3.05) is 5.32 Å². The maximum Gasteiger partial charge on any atom is 0.129 e. The average Bonchev–Trinajstić information content (AvgIpc) is 2.30. The normalized spacial score (nSPS) is 9.53. The summed E-state index contributed by atoms with van der Waals surface area (Å²) in [5.41, 5.74) is 0.454. The summed E-state index contributed by atoms with van der Waals surface area (Å²) < 4.78 is 13.4. The Balaban J connectivity index is 0.00000144. The van der Waals surface area contributed by atoms with Crippen LogP contribution < -0.4 is 5.32 Å². The van der Waals surface area contributed by atoms with Crippen LogP contribution in [0.15, 0.2) is 42.6 Å². The van der Waals surface area contributed by atoms with Crippen molar-refractivity contribution in [2.45, 2.75) is 6.54 Å². The van der Waals surface area contributed by atoms with E-state index in [1.165, 1.54) is 6.07 Å². The second-order valence-electron chi connectivity index (χ2n) is 3.27. The number of pyridine rings is 1. The van der Waals surface area contributed by atoms with Crippen molar-refractivity contribution in [3.8, 4) is 0 Å². The van der Waals surface area contributed by atoms with Crippen LogP contribution in [0.2, 0.25) is 5.02 Å². The summed E-state index contributed by atoms with van der Waals surface area (Å²) >= 11 is 5.90. The van der Waals surface area contributed by atoms with E-state index in [9.17, 15) is 4.39 Å². The molecular weight excluding hydrogens is 262 g/mol. The first-order valence-corrected chi connectivity index (χ1v) is 5.23. The number of benzene rings is 1. The number of aromatic nitrogens is 1. The molecule has 0 saturated heterocycles. The van der Waals surface area contributed by atoms with Gasteiger partial charge in [0.15, 0.2) is 0 Å². The molecule has 0 bridgehead atoms. The molecule has 0 aliphatic carbocycles. The SMILES string of the molecule is Cl.Fc1cccc(Cl)c1CNc1ccccn1. The van der Waals surface area contributed by atoms with Crippen LogP contribution in [0, 0.1) is 5.82 Å². The van der Waals surface area contributed by atoms with Crippen LogP contribution in [0.5, 0.6) is 0 Å². The third-order valence-electron chi connectivity index (χ3n) is 2.17. The molecule has 2 aromatic rings. The largest absolute Gasteiger partial charge is 0.366 e. The van der Waals surface area contributed by atoms with Gasteiger partial charge in [0.05, 0.1) is 0 Å². The van der Waals surface area contributed by atoms with Crippen molar-refractivity contribution >= 4 is 29.8 Å². The van der Waals surface area contributed by atoms with E-state index in [0.29, 0.717) is 22.9 Å². The van der Waals surface area contributed by atoms with E-state index in [1.54, 1.807) is 18.3 Å². The number of rotatable bonds is 3. The molecule has 2 nitrogen and oxygen atoms in total. The zero-order chi connectivity index (χ0) is 11.4. The highest BCUT2D eigenvalue weighted by molar-refractivity contribution is 6.31. The van der Waals surface area contributed by atoms with Gasteiger partial charge < -0.3 is 5.32 Å². The number of nitrogens with one attached hydrogen (secondary N) is 1. The van der Waals surface area contributed by atoms with Crippen LogP contribution >= 0.6 is 24.0 Å². The molecule has 90 valence electrons. The topological polar surface area (TPSA) is 24.9 Å². The number of anilines is 1. The zero-order valence-electron chi connectivity index (χ0n) is 8.86. The molecule has 17 heavy (non-hydrogen) atoms. The molecule has 0 spiro atoms. The molecule has 0 atom stereocenters. The summed E-state index contributed by atoms with van der Waals surface area (Å²) in [6.07, 6.45) is 1.67. The molecule has 0 saturated carbocycles. The zero-order valence-corrected chi connectivity index (χ0v) is 10.4. The van der Waals surface area contributed by atoms with Gasteiger partial charge in [-0.2, -0.15) is 0 Å². The Hall–Kier alpha value is -1.32. The Morgan fingerprint density at radius 1 is 1.18 bits per heavy atom. The Labute approximate surface area is 110 Å². The molecule has 5 heteroatoms. The van der Waals surface area contributed by atoms with E-state index in [0.717, 1.165) is 0 Å². The lowest BCUT2D eigenvalue weighted by molar-refractivity contribution is 0.613. The highest BCUT2D eigenvalue weighted by Gasteiger charge is 2.06. The van der Waals surface area contributed by atoms with Crippen LogP contribution in [-0.2, 0) is 6.54 Å². The molecule has 1 aromatic heterocycles. The van der Waals surface area contributed by atoms with Crippen molar-refractivity contribution in [3.05, 3.63) is 59.0 Å². The lowest BCUT2D eigenvalue weighted by Gasteiger charge is -2.07. The van der Waals surface area contributed by atoms with E-state index in [1.807, 2.05) is 18.2 Å². The van der Waals surface area contributed by atoms with Crippen LogP contribution in [-0.4, -0.2) is 4.98 Å². The summed E-state index contributed by atoms with van der Waals surface area (Å²) in [7, 11) is 0. The van der Waals surface area contributed by atoms with Crippen molar-refractivity contribution in [3.63, 3.8) is 0 Å². The van der Waals surface area contributed by atoms with Crippen LogP contribution in [0.4, 0.5) is 10.2 Å². The molecule has 2 rings (SSSR count). The van der Waals surface area contributed by atoms with Crippen LogP contribution in [0.3, 0.4) is 0 Å². The molecule has 1 aromatic carbocycles. The Kier molecular flexibility index (Phi) is 5.19. The fraction of sp³-hybridized carbons (Fsp3) is 0.0833. The van der Waals surface area contributed by atoms with Gasteiger partial charge in [-0.05, 0) is 24.3 Å². The van der Waals surface area contributed by atoms with Crippen molar-refractivity contribution in [1.82, 2.24) is 4.98 Å². The molecule has 0 radical (unpaired) electrons. The van der Waals surface area contributed by atoms with E-state index in [2.05, 4.69) is 10.3 Å². The first-order chi connectivity index (χ1) is 7.77. The number of hydrogen-bond acceptors (Lipinski definition) is 2. The highest BCUT2D eigenvalue weighted by atomic mass is 35.5. The Bertz CT molecular complexity index is 457. The maximum atomic E-state index is 13.4. The van der Waals surface area contributed by atoms with Crippen LogP contribution in [0.1, 0.15) is 5.56 Å². The fourth-order valence-corrected chi connectivity index (χ4v) is 1.58. The fourth-order valence-electron chi connectivity index (χ4n) is 1.35. The highest BCUT2D eigenvalue weighted by Crippen LogP contribution is 2.19. The van der Waals surface area contributed by atoms with Gasteiger partial charge in [0.25, 0.3) is 0 Å². The smallest absolute Gasteiger partial charge is 0.129 e. The monoisotopic (exact) mass is 272 g/mol. The molecular formula is C12H11Cl2FN2. The molecule has 1 N–H and O–H groups in total.